The van der Waals surface area contributed by atoms with E-state index in [1.165, 1.54) is 0 Å². The van der Waals surface area contributed by atoms with Crippen LogP contribution in [0, 0.1) is 5.92 Å². The number of aromatic nitrogens is 1. The third kappa shape index (κ3) is 4.69. The molecule has 0 radical (unpaired) electrons. The van der Waals surface area contributed by atoms with E-state index in [-0.39, 0.29) is 18.4 Å². The van der Waals surface area contributed by atoms with Crippen molar-refractivity contribution in [1.29, 1.82) is 0 Å². The Labute approximate surface area is 112 Å². The van der Waals surface area contributed by atoms with E-state index in [9.17, 15) is 9.59 Å². The van der Waals surface area contributed by atoms with Crippen LogP contribution in [0.15, 0.2) is 24.4 Å². The normalized spacial score (nSPS) is 15.8. The summed E-state index contributed by atoms with van der Waals surface area (Å²) >= 11 is 0. The Morgan fingerprint density at radius 1 is 1.42 bits per heavy atom. The lowest BCUT2D eigenvalue weighted by Gasteiger charge is -2.16. The van der Waals surface area contributed by atoms with E-state index in [1.54, 1.807) is 6.20 Å². The summed E-state index contributed by atoms with van der Waals surface area (Å²) in [6, 6.07) is 5.38. The molecular weight excluding hydrogens is 244 g/mol. The van der Waals surface area contributed by atoms with Gasteiger partial charge in [-0.05, 0) is 37.3 Å². The van der Waals surface area contributed by atoms with Gasteiger partial charge in [0.15, 0.2) is 0 Å². The molecule has 2 N–H and O–H groups in total. The van der Waals surface area contributed by atoms with Crippen LogP contribution in [0.4, 0.5) is 0 Å². The number of aryl methyl sites for hydroxylation is 1. The molecule has 0 bridgehead atoms. The van der Waals surface area contributed by atoms with Crippen LogP contribution in [-0.4, -0.2) is 28.0 Å². The summed E-state index contributed by atoms with van der Waals surface area (Å²) in [7, 11) is 0. The van der Waals surface area contributed by atoms with E-state index in [0.29, 0.717) is 18.8 Å². The molecule has 1 aromatic rings. The average Bonchev–Trinajstić information content (AvgIpc) is 3.20. The number of carboxylic acids is 1. The quantitative estimate of drug-likeness (QED) is 0.778. The lowest BCUT2D eigenvalue weighted by Crippen LogP contribution is -2.38. The van der Waals surface area contributed by atoms with E-state index in [2.05, 4.69) is 10.3 Å². The number of aliphatic carboxylic acids is 1. The molecule has 1 amide bonds. The lowest BCUT2D eigenvalue weighted by molar-refractivity contribution is -0.137. The molecule has 1 aromatic heterocycles. The maximum absolute atomic E-state index is 11.8. The van der Waals surface area contributed by atoms with Crippen molar-refractivity contribution in [1.82, 2.24) is 10.3 Å². The van der Waals surface area contributed by atoms with Gasteiger partial charge in [-0.2, -0.15) is 0 Å². The van der Waals surface area contributed by atoms with E-state index in [0.717, 1.165) is 18.5 Å². The molecule has 2 rings (SSSR count). The van der Waals surface area contributed by atoms with Crippen molar-refractivity contribution >= 4 is 11.9 Å². The Morgan fingerprint density at radius 3 is 2.79 bits per heavy atom. The minimum Gasteiger partial charge on any atom is -0.481 e. The minimum atomic E-state index is -0.859. The van der Waals surface area contributed by atoms with Crippen LogP contribution in [-0.2, 0) is 16.0 Å². The second-order valence-corrected chi connectivity index (χ2v) is 4.93. The van der Waals surface area contributed by atoms with Crippen LogP contribution in [0.5, 0.6) is 0 Å². The number of carbonyl (C=O) groups excluding carboxylic acids is 1. The summed E-state index contributed by atoms with van der Waals surface area (Å²) in [5.74, 6) is -0.611. The summed E-state index contributed by atoms with van der Waals surface area (Å²) in [5, 5.41) is 11.7. The summed E-state index contributed by atoms with van der Waals surface area (Å²) in [6.45, 7) is 0. The molecule has 0 aromatic carbocycles. The number of rotatable bonds is 7. The zero-order valence-corrected chi connectivity index (χ0v) is 10.7. The van der Waals surface area contributed by atoms with Gasteiger partial charge in [-0.25, -0.2) is 0 Å². The SMILES string of the molecule is O=C(O)CC(NC(=O)CCc1ccccn1)C1CC1. The Morgan fingerprint density at radius 2 is 2.21 bits per heavy atom. The number of carbonyl (C=O) groups is 2. The summed E-state index contributed by atoms with van der Waals surface area (Å²) < 4.78 is 0. The first-order valence-corrected chi connectivity index (χ1v) is 6.56. The van der Waals surface area contributed by atoms with Crippen molar-refractivity contribution in [2.75, 3.05) is 0 Å². The van der Waals surface area contributed by atoms with Gasteiger partial charge in [-0.1, -0.05) is 6.07 Å². The molecule has 102 valence electrons. The highest BCUT2D eigenvalue weighted by Gasteiger charge is 2.33. The highest BCUT2D eigenvalue weighted by Crippen LogP contribution is 2.34. The first-order chi connectivity index (χ1) is 9.15. The Balaban J connectivity index is 1.77. The number of nitrogens with zero attached hydrogens (tertiary/aromatic N) is 1. The van der Waals surface area contributed by atoms with Crippen molar-refractivity contribution in [3.63, 3.8) is 0 Å². The Bertz CT molecular complexity index is 443. The predicted molar refractivity (Wildman–Crippen MR) is 69.5 cm³/mol. The molecule has 1 unspecified atom stereocenters. The predicted octanol–water partition coefficient (Wildman–Crippen LogP) is 1.38. The summed E-state index contributed by atoms with van der Waals surface area (Å²) in [5.41, 5.74) is 0.874. The summed E-state index contributed by atoms with van der Waals surface area (Å²) in [6.07, 6.45) is 4.67. The van der Waals surface area contributed by atoms with Gasteiger partial charge < -0.3 is 10.4 Å². The molecule has 1 fully saturated rings. The standard InChI is InChI=1S/C14H18N2O3/c17-13(7-6-11-3-1-2-8-15-11)16-12(9-14(18)19)10-4-5-10/h1-3,8,10,12H,4-7,9H2,(H,16,17)(H,18,19). The fraction of sp³-hybridized carbons (Fsp3) is 0.500. The molecule has 0 aliphatic heterocycles. The van der Waals surface area contributed by atoms with E-state index in [1.807, 2.05) is 18.2 Å². The van der Waals surface area contributed by atoms with Crippen molar-refractivity contribution in [2.45, 2.75) is 38.1 Å². The van der Waals surface area contributed by atoms with Crippen LogP contribution < -0.4 is 5.32 Å². The number of amides is 1. The molecule has 19 heavy (non-hydrogen) atoms. The number of pyridine rings is 1. The Kier molecular flexibility index (Phi) is 4.49. The molecular formula is C14H18N2O3. The van der Waals surface area contributed by atoms with Crippen LogP contribution >= 0.6 is 0 Å². The van der Waals surface area contributed by atoms with E-state index >= 15 is 0 Å². The second-order valence-electron chi connectivity index (χ2n) is 4.93. The highest BCUT2D eigenvalue weighted by molar-refractivity contribution is 5.77. The molecule has 0 spiro atoms. The van der Waals surface area contributed by atoms with E-state index < -0.39 is 5.97 Å². The number of carboxylic acid groups (broad SMARTS) is 1. The van der Waals surface area contributed by atoms with Crippen LogP contribution in [0.2, 0.25) is 0 Å². The Hall–Kier alpha value is -1.91. The maximum atomic E-state index is 11.8. The average molecular weight is 262 g/mol. The first kappa shape index (κ1) is 13.5. The zero-order valence-electron chi connectivity index (χ0n) is 10.7. The van der Waals surface area contributed by atoms with Crippen molar-refractivity contribution in [2.24, 2.45) is 5.92 Å². The molecule has 1 aliphatic carbocycles. The van der Waals surface area contributed by atoms with Gasteiger partial charge in [-0.3, -0.25) is 14.6 Å². The maximum Gasteiger partial charge on any atom is 0.305 e. The van der Waals surface area contributed by atoms with Crippen molar-refractivity contribution < 1.29 is 14.7 Å². The highest BCUT2D eigenvalue weighted by atomic mass is 16.4. The number of hydrogen-bond acceptors (Lipinski definition) is 3. The lowest BCUT2D eigenvalue weighted by atomic mass is 10.1. The zero-order chi connectivity index (χ0) is 13.7. The molecule has 1 saturated carbocycles. The van der Waals surface area contributed by atoms with Crippen molar-refractivity contribution in [3.05, 3.63) is 30.1 Å². The van der Waals surface area contributed by atoms with Gasteiger partial charge >= 0.3 is 5.97 Å². The molecule has 5 nitrogen and oxygen atoms in total. The third-order valence-electron chi connectivity index (χ3n) is 3.27. The van der Waals surface area contributed by atoms with Gasteiger partial charge in [0, 0.05) is 24.4 Å². The summed E-state index contributed by atoms with van der Waals surface area (Å²) in [4.78, 5) is 26.7. The van der Waals surface area contributed by atoms with Gasteiger partial charge in [0.2, 0.25) is 5.91 Å². The first-order valence-electron chi connectivity index (χ1n) is 6.56. The fourth-order valence-electron chi connectivity index (χ4n) is 2.09. The number of hydrogen-bond donors (Lipinski definition) is 2. The topological polar surface area (TPSA) is 79.3 Å². The largest absolute Gasteiger partial charge is 0.481 e. The fourth-order valence-corrected chi connectivity index (χ4v) is 2.09. The third-order valence-corrected chi connectivity index (χ3v) is 3.27. The van der Waals surface area contributed by atoms with Gasteiger partial charge in [0.25, 0.3) is 0 Å². The van der Waals surface area contributed by atoms with Crippen LogP contribution in [0.3, 0.4) is 0 Å². The second kappa shape index (κ2) is 6.31. The minimum absolute atomic E-state index is 0.0139. The molecule has 1 aliphatic rings. The van der Waals surface area contributed by atoms with Gasteiger partial charge in [-0.15, -0.1) is 0 Å². The molecule has 5 heteroatoms. The monoisotopic (exact) mass is 262 g/mol. The number of nitrogens with one attached hydrogen (secondary N) is 1. The van der Waals surface area contributed by atoms with Crippen LogP contribution in [0.1, 0.15) is 31.4 Å². The van der Waals surface area contributed by atoms with Gasteiger partial charge in [0.1, 0.15) is 0 Å². The van der Waals surface area contributed by atoms with Crippen LogP contribution in [0.25, 0.3) is 0 Å². The van der Waals surface area contributed by atoms with E-state index in [4.69, 9.17) is 5.11 Å². The van der Waals surface area contributed by atoms with Crippen molar-refractivity contribution in [3.8, 4) is 0 Å². The molecule has 0 saturated heterocycles. The molecule has 1 heterocycles. The molecule has 1 atom stereocenters. The smallest absolute Gasteiger partial charge is 0.305 e. The van der Waals surface area contributed by atoms with Gasteiger partial charge in [0.05, 0.1) is 6.42 Å².